The maximum atomic E-state index is 13.0. The van der Waals surface area contributed by atoms with Crippen molar-refractivity contribution in [3.05, 3.63) is 113 Å². The fourth-order valence-electron chi connectivity index (χ4n) is 4.60. The van der Waals surface area contributed by atoms with Crippen molar-refractivity contribution >= 4 is 35.6 Å². The Morgan fingerprint density at radius 2 is 1.72 bits per heavy atom. The van der Waals surface area contributed by atoms with Crippen LogP contribution < -0.4 is 32.2 Å². The number of halogens is 3. The number of phenolic OH excluding ortho intramolecular Hbond substituents is 1. The molecule has 10 nitrogen and oxygen atoms in total. The summed E-state index contributed by atoms with van der Waals surface area (Å²) < 4.78 is 44.1. The Kier molecular flexibility index (Phi) is 19.1. The number of amides is 2. The van der Waals surface area contributed by atoms with Crippen LogP contribution in [0.1, 0.15) is 67.3 Å². The fourth-order valence-corrected chi connectivity index (χ4v) is 4.60. The van der Waals surface area contributed by atoms with Gasteiger partial charge in [-0.2, -0.15) is 13.2 Å². The minimum Gasteiger partial charge on any atom is -0.505 e. The van der Waals surface area contributed by atoms with E-state index in [9.17, 15) is 27.9 Å². The number of hydrogen-bond acceptors (Lipinski definition) is 8. The molecule has 0 spiro atoms. The van der Waals surface area contributed by atoms with Gasteiger partial charge in [-0.25, -0.2) is 0 Å². The molecule has 2 amide bonds. The second-order valence-corrected chi connectivity index (χ2v) is 10.8. The highest BCUT2D eigenvalue weighted by Crippen LogP contribution is 2.31. The Labute approximate surface area is 309 Å². The number of allylic oxidation sites excluding steroid dienone is 10. The Morgan fingerprint density at radius 3 is 2.28 bits per heavy atom. The number of anilines is 2. The van der Waals surface area contributed by atoms with Gasteiger partial charge < -0.3 is 42.1 Å². The van der Waals surface area contributed by atoms with E-state index in [-0.39, 0.29) is 40.1 Å². The van der Waals surface area contributed by atoms with Gasteiger partial charge in [0.25, 0.3) is 11.8 Å². The van der Waals surface area contributed by atoms with Crippen LogP contribution in [0.5, 0.6) is 11.5 Å². The van der Waals surface area contributed by atoms with E-state index in [4.69, 9.17) is 21.0 Å². The number of carbonyl (C=O) groups excluding carboxylic acids is 3. The van der Waals surface area contributed by atoms with E-state index in [0.29, 0.717) is 11.3 Å². The molecule has 2 aromatic rings. The average molecular weight is 736 g/mol. The molecule has 2 atom stereocenters. The number of nitrogen functional groups attached to an aromatic ring is 2. The number of carbonyl (C=O) groups is 3. The lowest BCUT2D eigenvalue weighted by atomic mass is 9.96. The number of alkyl halides is 3. The van der Waals surface area contributed by atoms with Gasteiger partial charge in [-0.1, -0.05) is 75.1 Å². The summed E-state index contributed by atoms with van der Waals surface area (Å²) >= 11 is 0. The fraction of sp³-hybridized carbons (Fsp3) is 0.275. The van der Waals surface area contributed by atoms with Crippen molar-refractivity contribution in [3.8, 4) is 23.3 Å². The minimum atomic E-state index is -4.60. The SMILES string of the molecule is C/C=C\C=C/c1ccc(C(=O)NC2=CC=C(NC)CC2C)c(O)c1N.CC.CC=O.COc1ccc(C(=O)NC2C#CC=CC=C2C(F)(F)F)cc1N. The first kappa shape index (κ1) is 44.9. The maximum absolute atomic E-state index is 13.0. The van der Waals surface area contributed by atoms with E-state index in [1.807, 2.05) is 65.1 Å². The van der Waals surface area contributed by atoms with Crippen LogP contribution in [0.3, 0.4) is 0 Å². The first-order chi connectivity index (χ1) is 25.2. The summed E-state index contributed by atoms with van der Waals surface area (Å²) in [6.45, 7) is 9.40. The Bertz CT molecular complexity index is 1830. The molecule has 2 aliphatic carbocycles. The first-order valence-electron chi connectivity index (χ1n) is 16.6. The van der Waals surface area contributed by atoms with E-state index in [0.717, 1.165) is 30.2 Å². The van der Waals surface area contributed by atoms with Gasteiger partial charge in [-0.05, 0) is 62.8 Å². The van der Waals surface area contributed by atoms with Crippen molar-refractivity contribution in [2.24, 2.45) is 5.92 Å². The van der Waals surface area contributed by atoms with Gasteiger partial charge in [0, 0.05) is 35.5 Å². The van der Waals surface area contributed by atoms with Crippen LogP contribution in [0.2, 0.25) is 0 Å². The highest BCUT2D eigenvalue weighted by molar-refractivity contribution is 6.00. The smallest absolute Gasteiger partial charge is 0.415 e. The first-order valence-corrected chi connectivity index (χ1v) is 16.6. The number of aldehydes is 1. The van der Waals surface area contributed by atoms with Crippen molar-refractivity contribution in [1.82, 2.24) is 16.0 Å². The highest BCUT2D eigenvalue weighted by atomic mass is 19.4. The molecule has 13 heteroatoms. The highest BCUT2D eigenvalue weighted by Gasteiger charge is 2.39. The third-order valence-electron chi connectivity index (χ3n) is 7.26. The normalized spacial score (nSPS) is 15.8. The van der Waals surface area contributed by atoms with Gasteiger partial charge in [0.1, 0.15) is 18.1 Å². The van der Waals surface area contributed by atoms with Gasteiger partial charge in [0.05, 0.1) is 29.6 Å². The van der Waals surface area contributed by atoms with Gasteiger partial charge >= 0.3 is 6.18 Å². The third-order valence-corrected chi connectivity index (χ3v) is 7.26. The number of benzene rings is 2. The molecule has 2 aliphatic rings. The molecular formula is C40H48F3N5O5. The summed E-state index contributed by atoms with van der Waals surface area (Å²) in [6, 6.07) is 6.05. The third kappa shape index (κ3) is 13.8. The van der Waals surface area contributed by atoms with Crippen molar-refractivity contribution < 1.29 is 37.4 Å². The zero-order valence-electron chi connectivity index (χ0n) is 30.9. The molecule has 0 bridgehead atoms. The predicted octanol–water partition coefficient (Wildman–Crippen LogP) is 6.99. The number of hydrogen-bond donors (Lipinski definition) is 6. The molecule has 53 heavy (non-hydrogen) atoms. The minimum absolute atomic E-state index is 0.115. The van der Waals surface area contributed by atoms with E-state index >= 15 is 0 Å². The molecule has 284 valence electrons. The number of nitrogens with one attached hydrogen (secondary N) is 3. The Balaban J connectivity index is 0.000000474. The lowest BCUT2D eigenvalue weighted by Gasteiger charge is -2.22. The molecule has 0 heterocycles. The number of rotatable bonds is 8. The number of methoxy groups -OCH3 is 1. The lowest BCUT2D eigenvalue weighted by molar-refractivity contribution is -0.106. The molecule has 8 N–H and O–H groups in total. The van der Waals surface area contributed by atoms with Gasteiger partial charge in [0.15, 0.2) is 5.75 Å². The van der Waals surface area contributed by atoms with E-state index in [1.165, 1.54) is 44.4 Å². The quantitative estimate of drug-likeness (QED) is 0.0555. The van der Waals surface area contributed by atoms with Crippen molar-refractivity contribution in [2.45, 2.75) is 53.3 Å². The molecule has 0 aliphatic heterocycles. The Morgan fingerprint density at radius 1 is 1.04 bits per heavy atom. The number of nitrogens with two attached hydrogens (primary N) is 2. The molecule has 0 radical (unpaired) electrons. The molecular weight excluding hydrogens is 687 g/mol. The molecule has 0 fully saturated rings. The van der Waals surface area contributed by atoms with Crippen LogP contribution in [-0.4, -0.2) is 49.6 Å². The molecule has 4 rings (SSSR count). The zero-order chi connectivity index (χ0) is 40.1. The van der Waals surface area contributed by atoms with Crippen molar-refractivity contribution in [2.75, 3.05) is 25.6 Å². The second kappa shape index (κ2) is 22.6. The van der Waals surface area contributed by atoms with Crippen molar-refractivity contribution in [1.29, 1.82) is 0 Å². The number of ether oxygens (including phenoxy) is 1. The summed E-state index contributed by atoms with van der Waals surface area (Å²) in [5.41, 5.74) is 14.0. The monoisotopic (exact) mass is 735 g/mol. The summed E-state index contributed by atoms with van der Waals surface area (Å²) in [5.74, 6) is 4.08. The molecule has 0 saturated heterocycles. The maximum Gasteiger partial charge on any atom is 0.415 e. The standard InChI is InChI=1S/C20H25N3O2.C16H13F3N2O2.C2H4O.C2H6/c1-4-5-6-7-14-8-10-16(19(24)18(14)21)20(25)23-17-11-9-15(22-3)12-13(17)2;1-23-14-8-7-10(9-12(14)20)15(22)21-13-6-4-2-3-5-11(13)16(17,18)19;1-2-3;1-2/h4-11,13,22,24H,12,21H2,1-3H3,(H,23,25);2-3,5,7-9,13H,20H2,1H3,(H,21,22);2H,1H3;1-2H3/b5-4-,7-6-;;;. The van der Waals surface area contributed by atoms with Crippen LogP contribution in [0.25, 0.3) is 6.08 Å². The van der Waals surface area contributed by atoms with E-state index in [2.05, 4.69) is 27.8 Å². The molecule has 0 saturated carbocycles. The second-order valence-electron chi connectivity index (χ2n) is 10.8. The number of aromatic hydroxyl groups is 1. The summed E-state index contributed by atoms with van der Waals surface area (Å²) in [6.07, 6.45) is 11.5. The predicted molar refractivity (Wildman–Crippen MR) is 206 cm³/mol. The zero-order valence-corrected chi connectivity index (χ0v) is 30.9. The van der Waals surface area contributed by atoms with Crippen LogP contribution in [0, 0.1) is 17.8 Å². The van der Waals surface area contributed by atoms with Gasteiger partial charge in [-0.3, -0.25) is 9.59 Å². The molecule has 2 unspecified atom stereocenters. The van der Waals surface area contributed by atoms with E-state index < -0.39 is 23.7 Å². The van der Waals surface area contributed by atoms with Crippen LogP contribution in [0.15, 0.2) is 95.9 Å². The molecule has 0 aromatic heterocycles. The van der Waals surface area contributed by atoms with Crippen LogP contribution >= 0.6 is 0 Å². The summed E-state index contributed by atoms with van der Waals surface area (Å²) in [4.78, 5) is 33.5. The summed E-state index contributed by atoms with van der Waals surface area (Å²) in [7, 11) is 3.29. The summed E-state index contributed by atoms with van der Waals surface area (Å²) in [5, 5.41) is 18.6. The van der Waals surface area contributed by atoms with Crippen LogP contribution in [0.4, 0.5) is 24.5 Å². The molecule has 2 aromatic carbocycles. The average Bonchev–Trinajstić information content (AvgIpc) is 3.38. The van der Waals surface area contributed by atoms with Crippen molar-refractivity contribution in [3.63, 3.8) is 0 Å². The van der Waals surface area contributed by atoms with Gasteiger partial charge in [0.2, 0.25) is 0 Å². The largest absolute Gasteiger partial charge is 0.505 e. The number of phenols is 1. The van der Waals surface area contributed by atoms with E-state index in [1.54, 1.807) is 18.2 Å². The van der Waals surface area contributed by atoms with Gasteiger partial charge in [-0.15, -0.1) is 0 Å². The van der Waals surface area contributed by atoms with Crippen LogP contribution in [-0.2, 0) is 4.79 Å². The lowest BCUT2D eigenvalue weighted by Crippen LogP contribution is -2.39. The topological polar surface area (TPSA) is 169 Å². The Hall–Kier alpha value is -6.16.